The van der Waals surface area contributed by atoms with E-state index in [-0.39, 0.29) is 31.0 Å². The molecule has 1 N–H and O–H groups in total. The van der Waals surface area contributed by atoms with E-state index in [0.29, 0.717) is 31.6 Å². The summed E-state index contributed by atoms with van der Waals surface area (Å²) in [7, 11) is 0. The van der Waals surface area contributed by atoms with Crippen molar-refractivity contribution in [3.8, 4) is 0 Å². The highest BCUT2D eigenvalue weighted by Crippen LogP contribution is 2.29. The SMILES string of the molecule is Cl.O=C1COC(CNCCc2cccc3ccccc23)CN1CCc1cccc(C(F)(F)F)c1. The summed E-state index contributed by atoms with van der Waals surface area (Å²) in [6.07, 6.45) is -3.26. The summed E-state index contributed by atoms with van der Waals surface area (Å²) in [5.74, 6) is -0.131. The van der Waals surface area contributed by atoms with Crippen molar-refractivity contribution in [3.63, 3.8) is 0 Å². The lowest BCUT2D eigenvalue weighted by Crippen LogP contribution is -2.50. The smallest absolute Gasteiger partial charge is 0.365 e. The lowest BCUT2D eigenvalue weighted by molar-refractivity contribution is -0.148. The first-order chi connectivity index (χ1) is 15.9. The molecule has 4 rings (SSSR count). The Morgan fingerprint density at radius 1 is 1.00 bits per heavy atom. The van der Waals surface area contributed by atoms with E-state index < -0.39 is 11.7 Å². The van der Waals surface area contributed by atoms with E-state index in [9.17, 15) is 18.0 Å². The molecule has 3 aromatic rings. The number of carbonyl (C=O) groups excluding carboxylic acids is 1. The normalized spacial score (nSPS) is 16.5. The fraction of sp³-hybridized carbons (Fsp3) is 0.346. The van der Waals surface area contributed by atoms with Crippen LogP contribution in [0.2, 0.25) is 0 Å². The maximum absolute atomic E-state index is 12.9. The zero-order valence-corrected chi connectivity index (χ0v) is 19.5. The first-order valence-electron chi connectivity index (χ1n) is 11.1. The average Bonchev–Trinajstić information content (AvgIpc) is 2.81. The number of morpholine rings is 1. The second-order valence-electron chi connectivity index (χ2n) is 8.31. The van der Waals surface area contributed by atoms with Gasteiger partial charge in [0.25, 0.3) is 0 Å². The van der Waals surface area contributed by atoms with Crippen LogP contribution >= 0.6 is 12.4 Å². The Labute approximate surface area is 203 Å². The van der Waals surface area contributed by atoms with Gasteiger partial charge < -0.3 is 15.0 Å². The van der Waals surface area contributed by atoms with Crippen LogP contribution in [0.3, 0.4) is 0 Å². The van der Waals surface area contributed by atoms with Crippen molar-refractivity contribution in [2.24, 2.45) is 0 Å². The third-order valence-corrected chi connectivity index (χ3v) is 5.97. The quantitative estimate of drug-likeness (QED) is 0.456. The van der Waals surface area contributed by atoms with Crippen LogP contribution in [-0.2, 0) is 28.5 Å². The van der Waals surface area contributed by atoms with E-state index in [4.69, 9.17) is 4.74 Å². The van der Waals surface area contributed by atoms with Gasteiger partial charge >= 0.3 is 6.18 Å². The van der Waals surface area contributed by atoms with E-state index >= 15 is 0 Å². The predicted molar refractivity (Wildman–Crippen MR) is 129 cm³/mol. The molecule has 0 radical (unpaired) electrons. The van der Waals surface area contributed by atoms with Crippen LogP contribution in [-0.4, -0.2) is 49.7 Å². The summed E-state index contributed by atoms with van der Waals surface area (Å²) in [6, 6.07) is 19.9. The molecule has 1 fully saturated rings. The zero-order valence-electron chi connectivity index (χ0n) is 18.7. The average molecular weight is 493 g/mol. The molecule has 1 unspecified atom stereocenters. The van der Waals surface area contributed by atoms with Gasteiger partial charge in [-0.3, -0.25) is 4.79 Å². The van der Waals surface area contributed by atoms with Crippen LogP contribution in [0.5, 0.6) is 0 Å². The third-order valence-electron chi connectivity index (χ3n) is 5.97. The minimum Gasteiger partial charge on any atom is -0.365 e. The number of nitrogens with one attached hydrogen (secondary N) is 1. The van der Waals surface area contributed by atoms with Crippen LogP contribution in [0, 0.1) is 0 Å². The summed E-state index contributed by atoms with van der Waals surface area (Å²) in [6.45, 7) is 2.19. The van der Waals surface area contributed by atoms with Gasteiger partial charge in [0.1, 0.15) is 6.61 Å². The number of hydrogen-bond acceptors (Lipinski definition) is 3. The molecule has 0 bridgehead atoms. The minimum atomic E-state index is -4.37. The molecule has 8 heteroatoms. The van der Waals surface area contributed by atoms with Gasteiger partial charge in [-0.05, 0) is 47.4 Å². The van der Waals surface area contributed by atoms with Crippen molar-refractivity contribution in [3.05, 3.63) is 83.4 Å². The molecule has 1 saturated heterocycles. The molecular weight excluding hydrogens is 465 g/mol. The van der Waals surface area contributed by atoms with Crippen molar-refractivity contribution < 1.29 is 22.7 Å². The van der Waals surface area contributed by atoms with E-state index in [1.165, 1.54) is 22.4 Å². The summed E-state index contributed by atoms with van der Waals surface area (Å²) >= 11 is 0. The molecular formula is C26H28ClF3N2O2. The van der Waals surface area contributed by atoms with Crippen molar-refractivity contribution in [1.82, 2.24) is 10.2 Å². The minimum absolute atomic E-state index is 0. The number of carbonyl (C=O) groups is 1. The maximum Gasteiger partial charge on any atom is 0.416 e. The van der Waals surface area contributed by atoms with Crippen LogP contribution < -0.4 is 5.32 Å². The Kier molecular flexibility index (Phi) is 8.94. The van der Waals surface area contributed by atoms with E-state index in [1.54, 1.807) is 11.0 Å². The molecule has 1 heterocycles. The molecule has 34 heavy (non-hydrogen) atoms. The van der Waals surface area contributed by atoms with Crippen LogP contribution in [0.15, 0.2) is 66.7 Å². The molecule has 1 aliphatic heterocycles. The third kappa shape index (κ3) is 6.72. The number of amides is 1. The largest absolute Gasteiger partial charge is 0.416 e. The summed E-state index contributed by atoms with van der Waals surface area (Å²) in [5, 5.41) is 5.89. The fourth-order valence-electron chi connectivity index (χ4n) is 4.18. The van der Waals surface area contributed by atoms with Crippen molar-refractivity contribution in [1.29, 1.82) is 0 Å². The van der Waals surface area contributed by atoms with Crippen molar-refractivity contribution in [2.45, 2.75) is 25.1 Å². The number of fused-ring (bicyclic) bond motifs is 1. The van der Waals surface area contributed by atoms with Gasteiger partial charge in [-0.1, -0.05) is 60.7 Å². The van der Waals surface area contributed by atoms with E-state index in [0.717, 1.165) is 25.1 Å². The lowest BCUT2D eigenvalue weighted by Gasteiger charge is -2.33. The molecule has 3 aromatic carbocycles. The van der Waals surface area contributed by atoms with Crippen LogP contribution in [0.1, 0.15) is 16.7 Å². The molecule has 0 aromatic heterocycles. The molecule has 0 saturated carbocycles. The number of hydrogen-bond donors (Lipinski definition) is 1. The van der Waals surface area contributed by atoms with Gasteiger partial charge in [0.05, 0.1) is 11.7 Å². The number of nitrogens with zero attached hydrogens (tertiary/aromatic N) is 1. The van der Waals surface area contributed by atoms with E-state index in [2.05, 4.69) is 35.6 Å². The molecule has 0 spiro atoms. The molecule has 1 amide bonds. The Balaban J connectivity index is 0.00000324. The second kappa shape index (κ2) is 11.7. The van der Waals surface area contributed by atoms with Gasteiger partial charge in [0, 0.05) is 19.6 Å². The number of alkyl halides is 3. The summed E-state index contributed by atoms with van der Waals surface area (Å²) in [5.41, 5.74) is 1.18. The standard InChI is InChI=1S/C26H27F3N2O2.ClH/c27-26(28,29)22-9-3-5-19(15-22)12-14-31-17-23(33-18-25(31)32)16-30-13-11-21-8-4-7-20-6-1-2-10-24(20)21;/h1-10,15,23,30H,11-14,16-18H2;1H. The lowest BCUT2D eigenvalue weighted by atomic mass is 10.0. The van der Waals surface area contributed by atoms with Gasteiger partial charge in [0.2, 0.25) is 5.91 Å². The highest BCUT2D eigenvalue weighted by atomic mass is 35.5. The van der Waals surface area contributed by atoms with E-state index in [1.807, 2.05) is 12.1 Å². The van der Waals surface area contributed by atoms with Gasteiger partial charge in [-0.2, -0.15) is 13.2 Å². The Morgan fingerprint density at radius 2 is 1.76 bits per heavy atom. The van der Waals surface area contributed by atoms with Crippen molar-refractivity contribution in [2.75, 3.05) is 32.8 Å². The first-order valence-corrected chi connectivity index (χ1v) is 11.1. The summed E-state index contributed by atoms with van der Waals surface area (Å²) < 4.78 is 44.4. The number of rotatable bonds is 8. The summed E-state index contributed by atoms with van der Waals surface area (Å²) in [4.78, 5) is 13.9. The monoisotopic (exact) mass is 492 g/mol. The number of ether oxygens (including phenoxy) is 1. The van der Waals surface area contributed by atoms with Crippen LogP contribution in [0.4, 0.5) is 13.2 Å². The number of benzene rings is 3. The van der Waals surface area contributed by atoms with Gasteiger partial charge in [-0.15, -0.1) is 12.4 Å². The Morgan fingerprint density at radius 3 is 2.59 bits per heavy atom. The first kappa shape index (κ1) is 26.0. The molecule has 1 atom stereocenters. The Bertz CT molecular complexity index is 1100. The molecule has 1 aliphatic rings. The molecule has 4 nitrogen and oxygen atoms in total. The highest BCUT2D eigenvalue weighted by Gasteiger charge is 2.30. The van der Waals surface area contributed by atoms with Gasteiger partial charge in [0.15, 0.2) is 0 Å². The van der Waals surface area contributed by atoms with Crippen LogP contribution in [0.25, 0.3) is 10.8 Å². The van der Waals surface area contributed by atoms with Crippen molar-refractivity contribution >= 4 is 29.1 Å². The molecule has 182 valence electrons. The number of halogens is 4. The topological polar surface area (TPSA) is 41.6 Å². The predicted octanol–water partition coefficient (Wildman–Crippen LogP) is 4.88. The fourth-order valence-corrected chi connectivity index (χ4v) is 4.18. The molecule has 0 aliphatic carbocycles. The van der Waals surface area contributed by atoms with Gasteiger partial charge in [-0.25, -0.2) is 0 Å². The maximum atomic E-state index is 12.9. The second-order valence-corrected chi connectivity index (χ2v) is 8.31. The Hall–Kier alpha value is -2.61. The zero-order chi connectivity index (χ0) is 23.3. The highest BCUT2D eigenvalue weighted by molar-refractivity contribution is 5.86.